The van der Waals surface area contributed by atoms with Gasteiger partial charge in [-0.25, -0.2) is 0 Å². The lowest BCUT2D eigenvalue weighted by Crippen LogP contribution is -2.39. The van der Waals surface area contributed by atoms with Crippen LogP contribution in [0.15, 0.2) is 30.3 Å². The van der Waals surface area contributed by atoms with Gasteiger partial charge in [0.2, 0.25) is 5.91 Å². The summed E-state index contributed by atoms with van der Waals surface area (Å²) in [6.07, 6.45) is 2.49. The third kappa shape index (κ3) is 4.59. The van der Waals surface area contributed by atoms with E-state index in [0.717, 1.165) is 25.1 Å². The standard InChI is InChI=1S/C17H23NO3/c1-13-6-5-9-18(12-13)16(19)10-15(11-17(20)21)14-7-3-2-4-8-14/h2-4,7-8,13,15H,5-6,9-12H2,1H3,(H,20,21)/t13-,15+/m1/s1. The van der Waals surface area contributed by atoms with Crippen molar-refractivity contribution >= 4 is 11.9 Å². The fourth-order valence-electron chi connectivity index (χ4n) is 3.00. The Morgan fingerprint density at radius 1 is 1.29 bits per heavy atom. The van der Waals surface area contributed by atoms with Gasteiger partial charge in [-0.15, -0.1) is 0 Å². The number of hydrogen-bond acceptors (Lipinski definition) is 2. The molecule has 1 amide bonds. The third-order valence-corrected chi connectivity index (χ3v) is 4.12. The van der Waals surface area contributed by atoms with Crippen LogP contribution in [0.3, 0.4) is 0 Å². The summed E-state index contributed by atoms with van der Waals surface area (Å²) in [5, 5.41) is 9.09. The second-order valence-corrected chi connectivity index (χ2v) is 6.00. The molecule has 1 aliphatic heterocycles. The Morgan fingerprint density at radius 2 is 2.00 bits per heavy atom. The van der Waals surface area contributed by atoms with E-state index in [-0.39, 0.29) is 24.7 Å². The van der Waals surface area contributed by atoms with Crippen molar-refractivity contribution in [2.24, 2.45) is 5.92 Å². The van der Waals surface area contributed by atoms with Crippen molar-refractivity contribution in [3.05, 3.63) is 35.9 Å². The first-order valence-electron chi connectivity index (χ1n) is 7.60. The van der Waals surface area contributed by atoms with Crippen LogP contribution in [0.2, 0.25) is 0 Å². The number of carbonyl (C=O) groups excluding carboxylic acids is 1. The van der Waals surface area contributed by atoms with Crippen molar-refractivity contribution in [2.75, 3.05) is 13.1 Å². The zero-order valence-corrected chi connectivity index (χ0v) is 12.5. The van der Waals surface area contributed by atoms with Crippen LogP contribution < -0.4 is 0 Å². The van der Waals surface area contributed by atoms with Gasteiger partial charge in [0.15, 0.2) is 0 Å². The molecule has 1 aromatic rings. The van der Waals surface area contributed by atoms with Gasteiger partial charge >= 0.3 is 5.97 Å². The summed E-state index contributed by atoms with van der Waals surface area (Å²) in [5.74, 6) is -0.480. The summed E-state index contributed by atoms with van der Waals surface area (Å²) in [7, 11) is 0. The quantitative estimate of drug-likeness (QED) is 0.906. The Hall–Kier alpha value is -1.84. The lowest BCUT2D eigenvalue weighted by Gasteiger charge is -2.32. The van der Waals surface area contributed by atoms with Crippen molar-refractivity contribution in [1.29, 1.82) is 0 Å². The molecule has 0 saturated carbocycles. The first-order valence-corrected chi connectivity index (χ1v) is 7.60. The van der Waals surface area contributed by atoms with E-state index in [0.29, 0.717) is 5.92 Å². The number of benzene rings is 1. The average Bonchev–Trinajstić information content (AvgIpc) is 2.47. The number of hydrogen-bond donors (Lipinski definition) is 1. The van der Waals surface area contributed by atoms with E-state index in [1.54, 1.807) is 0 Å². The van der Waals surface area contributed by atoms with Gasteiger partial charge in [-0.1, -0.05) is 37.3 Å². The van der Waals surface area contributed by atoms with Gasteiger partial charge in [0.25, 0.3) is 0 Å². The average molecular weight is 289 g/mol. The van der Waals surface area contributed by atoms with Crippen LogP contribution >= 0.6 is 0 Å². The molecule has 0 aromatic heterocycles. The highest BCUT2D eigenvalue weighted by atomic mass is 16.4. The number of likely N-dealkylation sites (tertiary alicyclic amines) is 1. The first-order chi connectivity index (χ1) is 10.1. The van der Waals surface area contributed by atoms with E-state index in [1.165, 1.54) is 6.42 Å². The fourth-order valence-corrected chi connectivity index (χ4v) is 3.00. The molecule has 1 aromatic carbocycles. The van der Waals surface area contributed by atoms with E-state index in [4.69, 9.17) is 5.11 Å². The summed E-state index contributed by atoms with van der Waals surface area (Å²) in [5.41, 5.74) is 0.929. The first kappa shape index (κ1) is 15.5. The molecule has 2 rings (SSSR count). The molecule has 21 heavy (non-hydrogen) atoms. The number of aliphatic carboxylic acids is 1. The summed E-state index contributed by atoms with van der Waals surface area (Å²) in [6.45, 7) is 3.76. The van der Waals surface area contributed by atoms with Crippen molar-refractivity contribution in [3.8, 4) is 0 Å². The lowest BCUT2D eigenvalue weighted by molar-refractivity contribution is -0.138. The molecular formula is C17H23NO3. The molecule has 4 nitrogen and oxygen atoms in total. The Morgan fingerprint density at radius 3 is 2.62 bits per heavy atom. The number of piperidine rings is 1. The van der Waals surface area contributed by atoms with Gasteiger partial charge in [-0.3, -0.25) is 9.59 Å². The molecule has 4 heteroatoms. The molecule has 1 aliphatic rings. The highest BCUT2D eigenvalue weighted by molar-refractivity contribution is 5.78. The highest BCUT2D eigenvalue weighted by Gasteiger charge is 2.25. The Labute approximate surface area is 125 Å². The van der Waals surface area contributed by atoms with E-state index >= 15 is 0 Å². The molecule has 1 heterocycles. The van der Waals surface area contributed by atoms with Gasteiger partial charge in [-0.05, 0) is 24.3 Å². The van der Waals surface area contributed by atoms with Gasteiger partial charge in [-0.2, -0.15) is 0 Å². The molecular weight excluding hydrogens is 266 g/mol. The third-order valence-electron chi connectivity index (χ3n) is 4.12. The molecule has 1 fully saturated rings. The summed E-state index contributed by atoms with van der Waals surface area (Å²) in [6, 6.07) is 9.48. The molecule has 0 unspecified atom stereocenters. The van der Waals surface area contributed by atoms with E-state index in [9.17, 15) is 9.59 Å². The SMILES string of the molecule is C[C@@H]1CCCN(C(=O)C[C@@H](CC(=O)O)c2ccccc2)C1. The van der Waals surface area contributed by atoms with E-state index in [2.05, 4.69) is 6.92 Å². The van der Waals surface area contributed by atoms with Crippen molar-refractivity contribution in [2.45, 2.75) is 38.5 Å². The topological polar surface area (TPSA) is 57.6 Å². The summed E-state index contributed by atoms with van der Waals surface area (Å²) >= 11 is 0. The second-order valence-electron chi connectivity index (χ2n) is 6.00. The predicted octanol–water partition coefficient (Wildman–Crippen LogP) is 2.89. The summed E-state index contributed by atoms with van der Waals surface area (Å²) in [4.78, 5) is 25.4. The Balaban J connectivity index is 2.04. The predicted molar refractivity (Wildman–Crippen MR) is 81.0 cm³/mol. The lowest BCUT2D eigenvalue weighted by atomic mass is 9.91. The minimum absolute atomic E-state index is 0.000846. The number of nitrogens with zero attached hydrogens (tertiary/aromatic N) is 1. The van der Waals surface area contributed by atoms with Gasteiger partial charge < -0.3 is 10.0 Å². The van der Waals surface area contributed by atoms with Crippen molar-refractivity contribution in [3.63, 3.8) is 0 Å². The molecule has 1 saturated heterocycles. The van der Waals surface area contributed by atoms with E-state index < -0.39 is 5.97 Å². The summed E-state index contributed by atoms with van der Waals surface area (Å²) < 4.78 is 0. The van der Waals surface area contributed by atoms with Crippen molar-refractivity contribution in [1.82, 2.24) is 4.90 Å². The Kier molecular flexibility index (Phi) is 5.37. The molecule has 0 aliphatic carbocycles. The molecule has 0 spiro atoms. The zero-order valence-electron chi connectivity index (χ0n) is 12.5. The fraction of sp³-hybridized carbons (Fsp3) is 0.529. The minimum Gasteiger partial charge on any atom is -0.481 e. The number of carbonyl (C=O) groups is 2. The molecule has 114 valence electrons. The van der Waals surface area contributed by atoms with Gasteiger partial charge in [0.05, 0.1) is 6.42 Å². The molecule has 0 radical (unpaired) electrons. The highest BCUT2D eigenvalue weighted by Crippen LogP contribution is 2.26. The Bertz CT molecular complexity index is 486. The largest absolute Gasteiger partial charge is 0.481 e. The normalized spacial score (nSPS) is 20.0. The van der Waals surface area contributed by atoms with E-state index in [1.807, 2.05) is 35.2 Å². The maximum absolute atomic E-state index is 12.4. The molecule has 1 N–H and O–H groups in total. The minimum atomic E-state index is -0.858. The molecule has 2 atom stereocenters. The van der Waals surface area contributed by atoms with Crippen LogP contribution in [-0.4, -0.2) is 35.0 Å². The van der Waals surface area contributed by atoms with Crippen LogP contribution in [0.5, 0.6) is 0 Å². The number of rotatable bonds is 5. The maximum Gasteiger partial charge on any atom is 0.303 e. The molecule has 0 bridgehead atoms. The number of amides is 1. The van der Waals surface area contributed by atoms with Crippen LogP contribution in [0.1, 0.15) is 44.1 Å². The van der Waals surface area contributed by atoms with Crippen LogP contribution in [0.4, 0.5) is 0 Å². The van der Waals surface area contributed by atoms with Gasteiger partial charge in [0.1, 0.15) is 0 Å². The number of carboxylic acid groups (broad SMARTS) is 1. The van der Waals surface area contributed by atoms with Crippen LogP contribution in [0.25, 0.3) is 0 Å². The van der Waals surface area contributed by atoms with Crippen LogP contribution in [0, 0.1) is 5.92 Å². The maximum atomic E-state index is 12.4. The monoisotopic (exact) mass is 289 g/mol. The van der Waals surface area contributed by atoms with Crippen molar-refractivity contribution < 1.29 is 14.7 Å². The second kappa shape index (κ2) is 7.25. The smallest absolute Gasteiger partial charge is 0.303 e. The van der Waals surface area contributed by atoms with Crippen LogP contribution in [-0.2, 0) is 9.59 Å². The zero-order chi connectivity index (χ0) is 15.2. The number of carboxylic acids is 1. The van der Waals surface area contributed by atoms with Gasteiger partial charge in [0, 0.05) is 25.4 Å².